The summed E-state index contributed by atoms with van der Waals surface area (Å²) in [6, 6.07) is 0. The van der Waals surface area contributed by atoms with Gasteiger partial charge in [-0.15, -0.1) is 0 Å². The third-order valence-electron chi connectivity index (χ3n) is 9.32. The summed E-state index contributed by atoms with van der Waals surface area (Å²) >= 11 is 0. The molecule has 0 radical (unpaired) electrons. The fourth-order valence-electron chi connectivity index (χ4n) is 7.98. The van der Waals surface area contributed by atoms with Crippen molar-refractivity contribution in [3.63, 3.8) is 0 Å². The predicted molar refractivity (Wildman–Crippen MR) is 118 cm³/mol. The van der Waals surface area contributed by atoms with Crippen molar-refractivity contribution >= 4 is 5.78 Å². The lowest BCUT2D eigenvalue weighted by Gasteiger charge is -2.60. The SMILES string of the molecule is CC.CC.CCCC1CCC2C3CCC4CC(=O)CCC4(C)C3CCC12C. The number of hydrogen-bond acceptors (Lipinski definition) is 1. The summed E-state index contributed by atoms with van der Waals surface area (Å²) in [4.78, 5) is 12.0. The molecule has 0 spiro atoms. The van der Waals surface area contributed by atoms with E-state index in [1.807, 2.05) is 27.7 Å². The van der Waals surface area contributed by atoms with Crippen molar-refractivity contribution in [1.82, 2.24) is 0 Å². The minimum absolute atomic E-state index is 0.487. The Kier molecular flexibility index (Phi) is 8.03. The quantitative estimate of drug-likeness (QED) is 0.476. The van der Waals surface area contributed by atoms with E-state index in [4.69, 9.17) is 0 Å². The van der Waals surface area contributed by atoms with Gasteiger partial charge in [0, 0.05) is 12.8 Å². The lowest BCUT2D eigenvalue weighted by molar-refractivity contribution is -0.139. The molecule has 0 heterocycles. The second-order valence-electron chi connectivity index (χ2n) is 10.0. The number of hydrogen-bond donors (Lipinski definition) is 0. The molecule has 1 heteroatoms. The molecular formula is C26H48O. The van der Waals surface area contributed by atoms with E-state index in [1.54, 1.807) is 0 Å². The Morgan fingerprint density at radius 1 is 0.852 bits per heavy atom. The highest BCUT2D eigenvalue weighted by atomic mass is 16.1. The van der Waals surface area contributed by atoms with Crippen molar-refractivity contribution in [3.8, 4) is 0 Å². The summed E-state index contributed by atoms with van der Waals surface area (Å²) in [5.41, 5.74) is 1.13. The van der Waals surface area contributed by atoms with E-state index >= 15 is 0 Å². The zero-order valence-electron chi connectivity index (χ0n) is 19.6. The topological polar surface area (TPSA) is 17.1 Å². The first-order valence-corrected chi connectivity index (χ1v) is 12.5. The fourth-order valence-corrected chi connectivity index (χ4v) is 7.98. The Hall–Kier alpha value is -0.330. The summed E-state index contributed by atoms with van der Waals surface area (Å²) in [7, 11) is 0. The maximum Gasteiger partial charge on any atom is 0.133 e. The van der Waals surface area contributed by atoms with E-state index in [2.05, 4.69) is 20.8 Å². The molecule has 0 amide bonds. The van der Waals surface area contributed by atoms with Gasteiger partial charge >= 0.3 is 0 Å². The highest BCUT2D eigenvalue weighted by Gasteiger charge is 2.59. The molecule has 4 saturated carbocycles. The van der Waals surface area contributed by atoms with Crippen LogP contribution in [0, 0.1) is 40.4 Å². The number of carbonyl (C=O) groups excluding carboxylic acids is 1. The van der Waals surface area contributed by atoms with Crippen LogP contribution in [0.15, 0.2) is 0 Å². The maximum absolute atomic E-state index is 12.0. The number of rotatable bonds is 2. The first kappa shape index (κ1) is 23.0. The van der Waals surface area contributed by atoms with Crippen LogP contribution in [-0.4, -0.2) is 5.78 Å². The molecule has 0 aliphatic heterocycles. The molecule has 4 aliphatic rings. The van der Waals surface area contributed by atoms with Crippen molar-refractivity contribution in [1.29, 1.82) is 0 Å². The van der Waals surface area contributed by atoms with E-state index in [9.17, 15) is 4.79 Å². The van der Waals surface area contributed by atoms with E-state index in [-0.39, 0.29) is 0 Å². The zero-order valence-corrected chi connectivity index (χ0v) is 19.6. The summed E-state index contributed by atoms with van der Waals surface area (Å²) in [6.45, 7) is 15.6. The van der Waals surface area contributed by atoms with Crippen molar-refractivity contribution in [3.05, 3.63) is 0 Å². The van der Waals surface area contributed by atoms with Gasteiger partial charge in [0.2, 0.25) is 0 Å². The minimum atomic E-state index is 0.487. The summed E-state index contributed by atoms with van der Waals surface area (Å²) in [6.07, 6.45) is 14.5. The first-order chi connectivity index (χ1) is 13.0. The lowest BCUT2D eigenvalue weighted by Crippen LogP contribution is -2.53. The van der Waals surface area contributed by atoms with Gasteiger partial charge in [0.05, 0.1) is 0 Å². The molecule has 4 rings (SSSR count). The van der Waals surface area contributed by atoms with Gasteiger partial charge in [-0.05, 0) is 85.4 Å². The molecule has 0 saturated heterocycles. The molecule has 0 aromatic carbocycles. The Balaban J connectivity index is 0.000000614. The first-order valence-electron chi connectivity index (χ1n) is 12.5. The maximum atomic E-state index is 12.0. The molecule has 158 valence electrons. The molecule has 7 atom stereocenters. The molecule has 0 aromatic rings. The number of fused-ring (bicyclic) bond motifs is 5. The molecule has 27 heavy (non-hydrogen) atoms. The Morgan fingerprint density at radius 3 is 2.19 bits per heavy atom. The van der Waals surface area contributed by atoms with Gasteiger partial charge in [-0.2, -0.15) is 0 Å². The molecule has 4 fully saturated rings. The highest BCUT2D eigenvalue weighted by molar-refractivity contribution is 5.79. The van der Waals surface area contributed by atoms with Crippen LogP contribution in [0.5, 0.6) is 0 Å². The van der Waals surface area contributed by atoms with Gasteiger partial charge in [0.1, 0.15) is 5.78 Å². The van der Waals surface area contributed by atoms with Gasteiger partial charge in [0.15, 0.2) is 0 Å². The number of carbonyl (C=O) groups is 1. The summed E-state index contributed by atoms with van der Waals surface area (Å²) < 4.78 is 0. The second kappa shape index (κ2) is 9.45. The number of ketones is 1. The van der Waals surface area contributed by atoms with Gasteiger partial charge in [-0.25, -0.2) is 0 Å². The van der Waals surface area contributed by atoms with Crippen molar-refractivity contribution in [2.24, 2.45) is 40.4 Å². The Bertz CT molecular complexity index is 483. The minimum Gasteiger partial charge on any atom is -0.300 e. The molecule has 1 nitrogen and oxygen atoms in total. The summed E-state index contributed by atoms with van der Waals surface area (Å²) in [5.74, 6) is 5.15. The molecule has 0 aromatic heterocycles. The fraction of sp³-hybridized carbons (Fsp3) is 0.962. The zero-order chi connectivity index (χ0) is 20.2. The normalized spacial score (nSPS) is 45.3. The van der Waals surface area contributed by atoms with Crippen LogP contribution >= 0.6 is 0 Å². The predicted octanol–water partition coefficient (Wildman–Crippen LogP) is 8.07. The summed E-state index contributed by atoms with van der Waals surface area (Å²) in [5, 5.41) is 0. The van der Waals surface area contributed by atoms with E-state index in [0.29, 0.717) is 22.5 Å². The van der Waals surface area contributed by atoms with Crippen molar-refractivity contribution < 1.29 is 4.79 Å². The molecular weight excluding hydrogens is 328 g/mol. The van der Waals surface area contributed by atoms with Gasteiger partial charge in [0.25, 0.3) is 0 Å². The van der Waals surface area contributed by atoms with Crippen LogP contribution in [0.4, 0.5) is 0 Å². The average molecular weight is 377 g/mol. The van der Waals surface area contributed by atoms with Crippen LogP contribution in [0.2, 0.25) is 0 Å². The Labute approximate surface area is 170 Å². The van der Waals surface area contributed by atoms with Crippen LogP contribution in [-0.2, 0) is 4.79 Å². The third-order valence-corrected chi connectivity index (χ3v) is 9.32. The largest absolute Gasteiger partial charge is 0.300 e. The van der Waals surface area contributed by atoms with Gasteiger partial charge in [-0.3, -0.25) is 4.79 Å². The second-order valence-corrected chi connectivity index (χ2v) is 10.0. The van der Waals surface area contributed by atoms with E-state index in [0.717, 1.165) is 36.5 Å². The monoisotopic (exact) mass is 376 g/mol. The van der Waals surface area contributed by atoms with Gasteiger partial charge in [-0.1, -0.05) is 61.3 Å². The van der Waals surface area contributed by atoms with Crippen molar-refractivity contribution in [2.45, 2.75) is 119 Å². The van der Waals surface area contributed by atoms with Crippen LogP contribution < -0.4 is 0 Å². The molecule has 4 aliphatic carbocycles. The van der Waals surface area contributed by atoms with Crippen molar-refractivity contribution in [2.75, 3.05) is 0 Å². The standard InChI is InChI=1S/C22H36O.2C2H6/c1-4-5-15-7-9-19-18-8-6-16-14-17(23)10-12-22(16,3)20(18)11-13-21(15,19)2;2*1-2/h15-16,18-20H,4-14H2,1-3H3;2*1-2H3. The average Bonchev–Trinajstić information content (AvgIpc) is 3.02. The lowest BCUT2D eigenvalue weighted by atomic mass is 9.44. The number of Topliss-reactive ketones (excluding diaryl/α,β-unsaturated/α-hetero) is 1. The van der Waals surface area contributed by atoms with E-state index in [1.165, 1.54) is 57.8 Å². The third kappa shape index (κ3) is 3.91. The molecule has 7 unspecified atom stereocenters. The molecule has 0 bridgehead atoms. The Morgan fingerprint density at radius 2 is 1.52 bits per heavy atom. The smallest absolute Gasteiger partial charge is 0.133 e. The molecule has 0 N–H and O–H groups in total. The van der Waals surface area contributed by atoms with Gasteiger partial charge < -0.3 is 0 Å². The van der Waals surface area contributed by atoms with Crippen LogP contribution in [0.1, 0.15) is 119 Å². The highest BCUT2D eigenvalue weighted by Crippen LogP contribution is 2.67. The van der Waals surface area contributed by atoms with Crippen LogP contribution in [0.25, 0.3) is 0 Å². The van der Waals surface area contributed by atoms with E-state index < -0.39 is 0 Å². The van der Waals surface area contributed by atoms with Crippen LogP contribution in [0.3, 0.4) is 0 Å².